The van der Waals surface area contributed by atoms with Crippen LogP contribution in [-0.4, -0.2) is 9.13 Å². The Labute approximate surface area is 304 Å². The molecule has 0 amide bonds. The molecule has 11 aromatic rings. The fourth-order valence-corrected chi connectivity index (χ4v) is 8.45. The van der Waals surface area contributed by atoms with Gasteiger partial charge in [0.05, 0.1) is 33.7 Å². The Morgan fingerprint density at radius 1 is 0.434 bits per heavy atom. The summed E-state index contributed by atoms with van der Waals surface area (Å²) in [6.45, 7) is 0. The van der Waals surface area contributed by atoms with E-state index in [0.29, 0.717) is 5.56 Å². The van der Waals surface area contributed by atoms with E-state index in [1.165, 1.54) is 32.6 Å². The van der Waals surface area contributed by atoms with Gasteiger partial charge in [-0.3, -0.25) is 0 Å². The lowest BCUT2D eigenvalue weighted by Gasteiger charge is -2.13. The van der Waals surface area contributed by atoms with Gasteiger partial charge in [-0.05, 0) is 83.4 Å². The Balaban J connectivity index is 1.16. The largest absolute Gasteiger partial charge is 0.455 e. The maximum atomic E-state index is 10.2. The molecule has 3 aromatic heterocycles. The second-order valence-electron chi connectivity index (χ2n) is 13.6. The summed E-state index contributed by atoms with van der Waals surface area (Å²) in [7, 11) is 0. The molecule has 0 saturated carbocycles. The van der Waals surface area contributed by atoms with Crippen LogP contribution in [0, 0.1) is 11.3 Å². The number of nitriles is 1. The van der Waals surface area contributed by atoms with Crippen molar-refractivity contribution in [3.63, 3.8) is 0 Å². The highest BCUT2D eigenvalue weighted by Crippen LogP contribution is 2.43. The second-order valence-corrected chi connectivity index (χ2v) is 13.6. The molecule has 11 rings (SSSR count). The molecule has 246 valence electrons. The summed E-state index contributed by atoms with van der Waals surface area (Å²) in [5.74, 6) is 0. The molecule has 0 N–H and O–H groups in total. The monoisotopic (exact) mass is 675 g/mol. The number of para-hydroxylation sites is 5. The van der Waals surface area contributed by atoms with Gasteiger partial charge in [0.25, 0.3) is 0 Å². The molecule has 4 nitrogen and oxygen atoms in total. The molecule has 4 heteroatoms. The minimum Gasteiger partial charge on any atom is -0.455 e. The van der Waals surface area contributed by atoms with Crippen molar-refractivity contribution in [1.82, 2.24) is 9.13 Å². The van der Waals surface area contributed by atoms with Gasteiger partial charge in [-0.15, -0.1) is 0 Å². The fraction of sp³-hybridized carbons (Fsp3) is 0. The quantitative estimate of drug-likeness (QED) is 0.186. The molecule has 8 aromatic carbocycles. The van der Waals surface area contributed by atoms with Gasteiger partial charge >= 0.3 is 0 Å². The molecule has 53 heavy (non-hydrogen) atoms. The first-order valence-electron chi connectivity index (χ1n) is 17.8. The van der Waals surface area contributed by atoms with E-state index in [-0.39, 0.29) is 0 Å². The lowest BCUT2D eigenvalue weighted by Crippen LogP contribution is -1.96. The molecule has 0 aliphatic carbocycles. The molecular weight excluding hydrogens is 647 g/mol. The van der Waals surface area contributed by atoms with Gasteiger partial charge in [-0.2, -0.15) is 5.26 Å². The molecule has 0 saturated heterocycles. The Morgan fingerprint density at radius 2 is 1.11 bits per heavy atom. The van der Waals surface area contributed by atoms with Crippen LogP contribution in [0.3, 0.4) is 0 Å². The van der Waals surface area contributed by atoms with E-state index in [1.54, 1.807) is 0 Å². The zero-order chi connectivity index (χ0) is 35.0. The summed E-state index contributed by atoms with van der Waals surface area (Å²) in [6, 6.07) is 64.2. The lowest BCUT2D eigenvalue weighted by molar-refractivity contribution is 0.670. The smallest absolute Gasteiger partial charge is 0.143 e. The first-order valence-corrected chi connectivity index (χ1v) is 17.8. The Morgan fingerprint density at radius 3 is 1.96 bits per heavy atom. The Hall–Kier alpha value is -7.35. The molecule has 3 heterocycles. The van der Waals surface area contributed by atoms with Gasteiger partial charge in [0, 0.05) is 49.3 Å². The molecule has 0 bridgehead atoms. The molecule has 0 aliphatic rings. The summed E-state index contributed by atoms with van der Waals surface area (Å²) in [5, 5.41) is 17.2. The van der Waals surface area contributed by atoms with Gasteiger partial charge in [-0.25, -0.2) is 0 Å². The van der Waals surface area contributed by atoms with Crippen LogP contribution in [-0.2, 0) is 0 Å². The molecule has 0 unspecified atom stereocenters. The number of fused-ring (bicyclic) bond motifs is 10. The van der Waals surface area contributed by atoms with E-state index < -0.39 is 0 Å². The van der Waals surface area contributed by atoms with Crippen molar-refractivity contribution in [3.05, 3.63) is 181 Å². The predicted octanol–water partition coefficient (Wildman–Crippen LogP) is 13.0. The third kappa shape index (κ3) is 4.35. The summed E-state index contributed by atoms with van der Waals surface area (Å²) < 4.78 is 11.2. The van der Waals surface area contributed by atoms with Gasteiger partial charge in [0.2, 0.25) is 0 Å². The number of nitrogens with zero attached hydrogens (tertiary/aromatic N) is 3. The van der Waals surface area contributed by atoms with Crippen LogP contribution in [0.2, 0.25) is 0 Å². The van der Waals surface area contributed by atoms with Crippen LogP contribution in [0.25, 0.3) is 99.2 Å². The number of benzene rings is 8. The van der Waals surface area contributed by atoms with Gasteiger partial charge in [-0.1, -0.05) is 109 Å². The number of aromatic nitrogens is 2. The zero-order valence-electron chi connectivity index (χ0n) is 28.5. The van der Waals surface area contributed by atoms with Crippen molar-refractivity contribution in [2.24, 2.45) is 0 Å². The first kappa shape index (κ1) is 29.4. The molecule has 0 atom stereocenters. The molecule has 0 aliphatic heterocycles. The summed E-state index contributed by atoms with van der Waals surface area (Å²) in [4.78, 5) is 0. The van der Waals surface area contributed by atoms with Crippen molar-refractivity contribution in [2.45, 2.75) is 0 Å². The van der Waals surface area contributed by atoms with Gasteiger partial charge < -0.3 is 13.6 Å². The average Bonchev–Trinajstić information content (AvgIpc) is 3.89. The van der Waals surface area contributed by atoms with Crippen molar-refractivity contribution in [2.75, 3.05) is 0 Å². The van der Waals surface area contributed by atoms with Crippen LogP contribution in [0.5, 0.6) is 0 Å². The minimum atomic E-state index is 0.600. The van der Waals surface area contributed by atoms with E-state index in [0.717, 1.165) is 66.6 Å². The second kappa shape index (κ2) is 11.3. The molecular formula is C49H29N3O. The molecule has 0 fully saturated rings. The van der Waals surface area contributed by atoms with Crippen LogP contribution >= 0.6 is 0 Å². The van der Waals surface area contributed by atoms with Crippen LogP contribution < -0.4 is 0 Å². The van der Waals surface area contributed by atoms with E-state index in [1.807, 2.05) is 30.3 Å². The standard InChI is InChI=1S/C49H29N3O/c50-30-31-26-33(28-34(27-31)37-19-11-20-41-39-17-6-9-23-46(39)53-49(37)41)32-12-10-15-36(29-32)52-43-21-7-4-16-38(43)40-24-25-45-47(48(40)52)42-18-5-8-22-44(42)51(45)35-13-2-1-3-14-35/h1-29H. The third-order valence-electron chi connectivity index (χ3n) is 10.7. The van der Waals surface area contributed by atoms with E-state index in [9.17, 15) is 5.26 Å². The minimum absolute atomic E-state index is 0.600. The van der Waals surface area contributed by atoms with Crippen molar-refractivity contribution in [1.29, 1.82) is 5.26 Å². The lowest BCUT2D eigenvalue weighted by atomic mass is 9.95. The maximum Gasteiger partial charge on any atom is 0.143 e. The van der Waals surface area contributed by atoms with Crippen molar-refractivity contribution in [3.8, 4) is 39.7 Å². The highest BCUT2D eigenvalue weighted by atomic mass is 16.3. The highest BCUT2D eigenvalue weighted by molar-refractivity contribution is 6.26. The fourth-order valence-electron chi connectivity index (χ4n) is 8.45. The number of rotatable bonds is 4. The average molecular weight is 676 g/mol. The molecule has 0 radical (unpaired) electrons. The number of furan rings is 1. The Bertz CT molecular complexity index is 3300. The first-order chi connectivity index (χ1) is 26.2. The maximum absolute atomic E-state index is 10.2. The van der Waals surface area contributed by atoms with Gasteiger partial charge in [0.1, 0.15) is 11.2 Å². The normalized spacial score (nSPS) is 11.8. The van der Waals surface area contributed by atoms with E-state index >= 15 is 0 Å². The zero-order valence-corrected chi connectivity index (χ0v) is 28.5. The Kier molecular flexibility index (Phi) is 6.28. The summed E-state index contributed by atoms with van der Waals surface area (Å²) >= 11 is 0. The molecule has 0 spiro atoms. The van der Waals surface area contributed by atoms with Crippen LogP contribution in [0.1, 0.15) is 5.56 Å². The highest BCUT2D eigenvalue weighted by Gasteiger charge is 2.21. The summed E-state index contributed by atoms with van der Waals surface area (Å²) in [5.41, 5.74) is 13.0. The van der Waals surface area contributed by atoms with Crippen molar-refractivity contribution >= 4 is 65.6 Å². The predicted molar refractivity (Wildman–Crippen MR) is 218 cm³/mol. The van der Waals surface area contributed by atoms with Crippen molar-refractivity contribution < 1.29 is 4.42 Å². The van der Waals surface area contributed by atoms with Gasteiger partial charge in [0.15, 0.2) is 0 Å². The number of hydrogen-bond donors (Lipinski definition) is 0. The topological polar surface area (TPSA) is 46.8 Å². The third-order valence-corrected chi connectivity index (χ3v) is 10.7. The van der Waals surface area contributed by atoms with Crippen LogP contribution in [0.4, 0.5) is 0 Å². The van der Waals surface area contributed by atoms with Crippen LogP contribution in [0.15, 0.2) is 180 Å². The SMILES string of the molecule is N#Cc1cc(-c2cccc(-n3c4ccccc4c4ccc5c(c6ccccc6n5-c5ccccc5)c43)c2)cc(-c2cccc3c2oc2ccccc23)c1. The summed E-state index contributed by atoms with van der Waals surface area (Å²) in [6.07, 6.45) is 0. The number of hydrogen-bond acceptors (Lipinski definition) is 2. The van der Waals surface area contributed by atoms with E-state index in [4.69, 9.17) is 4.42 Å². The van der Waals surface area contributed by atoms with E-state index in [2.05, 4.69) is 161 Å².